The van der Waals surface area contributed by atoms with Crippen molar-refractivity contribution in [3.63, 3.8) is 0 Å². The van der Waals surface area contributed by atoms with E-state index in [9.17, 15) is 9.90 Å². The average molecular weight is 315 g/mol. The van der Waals surface area contributed by atoms with Crippen LogP contribution in [0.15, 0.2) is 30.3 Å². The molecule has 2 rings (SSSR count). The van der Waals surface area contributed by atoms with Crippen LogP contribution in [0.5, 0.6) is 0 Å². The lowest BCUT2D eigenvalue weighted by Crippen LogP contribution is -2.32. The van der Waals surface area contributed by atoms with Gasteiger partial charge in [0.2, 0.25) is 5.91 Å². The molecule has 1 heterocycles. The Morgan fingerprint density at radius 1 is 1.22 bits per heavy atom. The number of hydrogen-bond acceptors (Lipinski definition) is 3. The van der Waals surface area contributed by atoms with Crippen molar-refractivity contribution in [3.05, 3.63) is 52.8 Å². The van der Waals surface area contributed by atoms with Crippen molar-refractivity contribution < 1.29 is 9.90 Å². The van der Waals surface area contributed by atoms with Gasteiger partial charge in [-0.1, -0.05) is 38.1 Å². The number of nitrogens with one attached hydrogen (secondary N) is 1. The zero-order chi connectivity index (χ0) is 17.0. The molecule has 0 fully saturated rings. The highest BCUT2D eigenvalue weighted by molar-refractivity contribution is 5.75. The van der Waals surface area contributed by atoms with E-state index in [0.29, 0.717) is 5.92 Å². The number of aryl methyl sites for hydroxylation is 2. The Morgan fingerprint density at radius 2 is 1.83 bits per heavy atom. The molecular formula is C18H25N3O2. The normalized spacial score (nSPS) is 12.4. The van der Waals surface area contributed by atoms with Gasteiger partial charge in [0, 0.05) is 12.2 Å². The zero-order valence-electron chi connectivity index (χ0n) is 14.2. The molecule has 5 heteroatoms. The van der Waals surface area contributed by atoms with Crippen molar-refractivity contribution in [3.8, 4) is 0 Å². The van der Waals surface area contributed by atoms with Crippen LogP contribution in [0.4, 0.5) is 0 Å². The van der Waals surface area contributed by atoms with E-state index in [1.807, 2.05) is 44.2 Å². The van der Waals surface area contributed by atoms with Gasteiger partial charge in [-0.05, 0) is 37.0 Å². The number of aromatic nitrogens is 2. The molecule has 0 spiro atoms. The molecule has 0 saturated carbocycles. The summed E-state index contributed by atoms with van der Waals surface area (Å²) in [5, 5.41) is 17.2. The molecule has 1 unspecified atom stereocenters. The van der Waals surface area contributed by atoms with Gasteiger partial charge in [-0.3, -0.25) is 9.48 Å². The first kappa shape index (κ1) is 17.2. The fourth-order valence-corrected chi connectivity index (χ4v) is 2.46. The smallest absolute Gasteiger partial charge is 0.241 e. The van der Waals surface area contributed by atoms with Gasteiger partial charge < -0.3 is 10.4 Å². The second-order valence-corrected chi connectivity index (χ2v) is 6.23. The summed E-state index contributed by atoms with van der Waals surface area (Å²) in [6.45, 7) is 8.43. The Hall–Kier alpha value is -2.14. The number of aliphatic hydroxyl groups is 1. The highest BCUT2D eigenvalue weighted by Gasteiger charge is 2.11. The second-order valence-electron chi connectivity index (χ2n) is 6.23. The summed E-state index contributed by atoms with van der Waals surface area (Å²) < 4.78 is 1.66. The predicted octanol–water partition coefficient (Wildman–Crippen LogP) is 2.47. The van der Waals surface area contributed by atoms with Crippen LogP contribution in [0.1, 0.15) is 48.4 Å². The molecule has 2 N–H and O–H groups in total. The van der Waals surface area contributed by atoms with Crippen LogP contribution in [-0.4, -0.2) is 27.3 Å². The molecule has 1 amide bonds. The molecule has 0 radical (unpaired) electrons. The molecule has 0 aliphatic heterocycles. The topological polar surface area (TPSA) is 67.2 Å². The minimum absolute atomic E-state index is 0.158. The van der Waals surface area contributed by atoms with Gasteiger partial charge in [0.25, 0.3) is 0 Å². The molecule has 124 valence electrons. The van der Waals surface area contributed by atoms with Gasteiger partial charge in [0.15, 0.2) is 0 Å². The van der Waals surface area contributed by atoms with Gasteiger partial charge in [0.05, 0.1) is 11.8 Å². The van der Waals surface area contributed by atoms with E-state index in [4.69, 9.17) is 0 Å². The van der Waals surface area contributed by atoms with E-state index in [1.165, 1.54) is 5.56 Å². The Kier molecular flexibility index (Phi) is 5.55. The SMILES string of the molecule is Cc1cc(C)n(CC(=O)NCC(O)c2ccc(C(C)C)cc2)n1. The number of nitrogens with zero attached hydrogens (tertiary/aromatic N) is 2. The lowest BCUT2D eigenvalue weighted by Gasteiger charge is -2.14. The first-order valence-corrected chi connectivity index (χ1v) is 7.92. The highest BCUT2D eigenvalue weighted by atomic mass is 16.3. The van der Waals surface area contributed by atoms with Crippen LogP contribution in [0.25, 0.3) is 0 Å². The van der Waals surface area contributed by atoms with Crippen LogP contribution in [0.3, 0.4) is 0 Å². The molecule has 0 aliphatic rings. The van der Waals surface area contributed by atoms with E-state index in [1.54, 1.807) is 4.68 Å². The fourth-order valence-electron chi connectivity index (χ4n) is 2.46. The van der Waals surface area contributed by atoms with Gasteiger partial charge in [0.1, 0.15) is 6.54 Å². The lowest BCUT2D eigenvalue weighted by atomic mass is 10.00. The average Bonchev–Trinajstić information content (AvgIpc) is 2.82. The Bertz CT molecular complexity index is 659. The molecule has 5 nitrogen and oxygen atoms in total. The standard InChI is InChI=1S/C18H25N3O2/c1-12(2)15-5-7-16(8-6-15)17(22)10-19-18(23)11-21-14(4)9-13(3)20-21/h5-9,12,17,22H,10-11H2,1-4H3,(H,19,23). The molecule has 23 heavy (non-hydrogen) atoms. The number of carbonyl (C=O) groups is 1. The van der Waals surface area contributed by atoms with Gasteiger partial charge in [-0.15, -0.1) is 0 Å². The first-order valence-electron chi connectivity index (χ1n) is 7.92. The van der Waals surface area contributed by atoms with Crippen LogP contribution in [0.2, 0.25) is 0 Å². The van der Waals surface area contributed by atoms with Crippen LogP contribution >= 0.6 is 0 Å². The quantitative estimate of drug-likeness (QED) is 0.860. The van der Waals surface area contributed by atoms with Gasteiger partial charge in [-0.2, -0.15) is 5.10 Å². The third kappa shape index (κ3) is 4.66. The number of benzene rings is 1. The number of rotatable bonds is 6. The van der Waals surface area contributed by atoms with Gasteiger partial charge >= 0.3 is 0 Å². The maximum Gasteiger partial charge on any atom is 0.241 e. The van der Waals surface area contributed by atoms with Crippen LogP contribution in [-0.2, 0) is 11.3 Å². The van der Waals surface area contributed by atoms with Crippen LogP contribution < -0.4 is 5.32 Å². The summed E-state index contributed by atoms with van der Waals surface area (Å²) >= 11 is 0. The highest BCUT2D eigenvalue weighted by Crippen LogP contribution is 2.18. The fraction of sp³-hybridized carbons (Fsp3) is 0.444. The van der Waals surface area contributed by atoms with Crippen molar-refractivity contribution in [1.82, 2.24) is 15.1 Å². The summed E-state index contributed by atoms with van der Waals surface area (Å²) in [7, 11) is 0. The van der Waals surface area contributed by atoms with E-state index >= 15 is 0 Å². The Morgan fingerprint density at radius 3 is 2.35 bits per heavy atom. The summed E-state index contributed by atoms with van der Waals surface area (Å²) in [4.78, 5) is 12.0. The van der Waals surface area contributed by atoms with E-state index in [0.717, 1.165) is 17.0 Å². The molecule has 1 atom stereocenters. The van der Waals surface area contributed by atoms with E-state index in [2.05, 4.69) is 24.3 Å². The molecule has 0 saturated heterocycles. The largest absolute Gasteiger partial charge is 0.387 e. The molecule has 1 aromatic heterocycles. The summed E-state index contributed by atoms with van der Waals surface area (Å²) in [6, 6.07) is 9.78. The predicted molar refractivity (Wildman–Crippen MR) is 90.2 cm³/mol. The monoisotopic (exact) mass is 315 g/mol. The maximum atomic E-state index is 12.0. The van der Waals surface area contributed by atoms with E-state index < -0.39 is 6.10 Å². The summed E-state index contributed by atoms with van der Waals surface area (Å²) in [6.07, 6.45) is -0.708. The summed E-state index contributed by atoms with van der Waals surface area (Å²) in [5.41, 5.74) is 3.87. The Labute approximate surface area is 137 Å². The first-order chi connectivity index (χ1) is 10.9. The Balaban J connectivity index is 1.87. The van der Waals surface area contributed by atoms with Crippen molar-refractivity contribution >= 4 is 5.91 Å². The number of hydrogen-bond donors (Lipinski definition) is 2. The van der Waals surface area contributed by atoms with Gasteiger partial charge in [-0.25, -0.2) is 0 Å². The number of aliphatic hydroxyl groups excluding tert-OH is 1. The summed E-state index contributed by atoms with van der Waals surface area (Å²) in [5.74, 6) is 0.302. The second kappa shape index (κ2) is 7.42. The van der Waals surface area contributed by atoms with Crippen molar-refractivity contribution in [2.75, 3.05) is 6.54 Å². The van der Waals surface area contributed by atoms with E-state index in [-0.39, 0.29) is 19.0 Å². The molecule has 0 bridgehead atoms. The minimum Gasteiger partial charge on any atom is -0.387 e. The number of amides is 1. The third-order valence-corrected chi connectivity index (χ3v) is 3.88. The number of carbonyl (C=O) groups excluding carboxylic acids is 1. The minimum atomic E-state index is -0.708. The zero-order valence-corrected chi connectivity index (χ0v) is 14.2. The maximum absolute atomic E-state index is 12.0. The van der Waals surface area contributed by atoms with Crippen molar-refractivity contribution in [1.29, 1.82) is 0 Å². The lowest BCUT2D eigenvalue weighted by molar-refractivity contribution is -0.122. The third-order valence-electron chi connectivity index (χ3n) is 3.88. The van der Waals surface area contributed by atoms with Crippen molar-refractivity contribution in [2.24, 2.45) is 0 Å². The molecule has 1 aromatic carbocycles. The van der Waals surface area contributed by atoms with Crippen LogP contribution in [0, 0.1) is 13.8 Å². The molecular weight excluding hydrogens is 290 g/mol. The van der Waals surface area contributed by atoms with Crippen molar-refractivity contribution in [2.45, 2.75) is 46.3 Å². The molecule has 2 aromatic rings. The molecule has 0 aliphatic carbocycles.